The van der Waals surface area contributed by atoms with Gasteiger partial charge >= 0.3 is 0 Å². The van der Waals surface area contributed by atoms with E-state index in [0.29, 0.717) is 28.7 Å². The zero-order valence-corrected chi connectivity index (χ0v) is 14.3. The summed E-state index contributed by atoms with van der Waals surface area (Å²) >= 11 is 0. The number of aryl methyl sites for hydroxylation is 1. The lowest BCUT2D eigenvalue weighted by Gasteiger charge is -2.25. The molecule has 1 aliphatic heterocycles. The van der Waals surface area contributed by atoms with Gasteiger partial charge < -0.3 is 24.7 Å². The summed E-state index contributed by atoms with van der Waals surface area (Å²) in [4.78, 5) is 0. The molecular weight excluding hydrogens is 324 g/mol. The summed E-state index contributed by atoms with van der Waals surface area (Å²) in [7, 11) is 4.61. The van der Waals surface area contributed by atoms with Gasteiger partial charge in [0, 0.05) is 11.3 Å². The third-order valence-electron chi connectivity index (χ3n) is 4.15. The molecule has 1 aromatic heterocycles. The van der Waals surface area contributed by atoms with Gasteiger partial charge in [-0.25, -0.2) is 0 Å². The van der Waals surface area contributed by atoms with Crippen LogP contribution in [0, 0.1) is 18.3 Å². The van der Waals surface area contributed by atoms with Gasteiger partial charge in [-0.2, -0.15) is 5.26 Å². The number of aromatic amines is 1. The molecule has 0 saturated heterocycles. The fraction of sp³-hybridized carbons (Fsp3) is 0.294. The van der Waals surface area contributed by atoms with Gasteiger partial charge in [0.15, 0.2) is 11.5 Å². The predicted molar refractivity (Wildman–Crippen MR) is 88.7 cm³/mol. The largest absolute Gasteiger partial charge is 0.493 e. The Morgan fingerprint density at radius 1 is 1.20 bits per heavy atom. The smallest absolute Gasteiger partial charge is 0.244 e. The SMILES string of the molecule is COc1cc([C@H]2C(C#N)=C(N)Oc3n[nH]c(C)c32)cc(OC)c1OC. The molecule has 0 spiro atoms. The van der Waals surface area contributed by atoms with Gasteiger partial charge in [-0.15, -0.1) is 5.10 Å². The molecule has 0 fully saturated rings. The Balaban J connectivity index is 2.27. The van der Waals surface area contributed by atoms with Crippen molar-refractivity contribution in [1.29, 1.82) is 5.26 Å². The quantitative estimate of drug-likeness (QED) is 0.872. The number of aromatic nitrogens is 2. The average Bonchev–Trinajstić information content (AvgIpc) is 2.99. The van der Waals surface area contributed by atoms with Gasteiger partial charge in [-0.05, 0) is 24.6 Å². The second kappa shape index (κ2) is 6.28. The fourth-order valence-corrected chi connectivity index (χ4v) is 3.00. The maximum atomic E-state index is 9.62. The van der Waals surface area contributed by atoms with E-state index < -0.39 is 5.92 Å². The molecule has 8 nitrogen and oxygen atoms in total. The molecule has 3 rings (SSSR count). The number of nitrogens with two attached hydrogens (primary N) is 1. The monoisotopic (exact) mass is 342 g/mol. The van der Waals surface area contributed by atoms with Crippen molar-refractivity contribution in [3.8, 4) is 29.2 Å². The van der Waals surface area contributed by atoms with Crippen LogP contribution in [-0.2, 0) is 0 Å². The summed E-state index contributed by atoms with van der Waals surface area (Å²) in [5, 5.41) is 16.6. The van der Waals surface area contributed by atoms with Gasteiger partial charge in [-0.1, -0.05) is 0 Å². The zero-order valence-electron chi connectivity index (χ0n) is 14.3. The first-order valence-corrected chi connectivity index (χ1v) is 7.48. The first-order valence-electron chi connectivity index (χ1n) is 7.48. The summed E-state index contributed by atoms with van der Waals surface area (Å²) in [5.74, 6) is 1.37. The Hall–Kier alpha value is -3.34. The minimum atomic E-state index is -0.457. The van der Waals surface area contributed by atoms with Crippen LogP contribution in [0.3, 0.4) is 0 Å². The van der Waals surface area contributed by atoms with Crippen molar-refractivity contribution in [2.45, 2.75) is 12.8 Å². The lowest BCUT2D eigenvalue weighted by Crippen LogP contribution is -2.21. The van der Waals surface area contributed by atoms with E-state index in [9.17, 15) is 5.26 Å². The molecule has 2 heterocycles. The second-order valence-corrected chi connectivity index (χ2v) is 5.45. The maximum Gasteiger partial charge on any atom is 0.244 e. The zero-order chi connectivity index (χ0) is 18.1. The van der Waals surface area contributed by atoms with Crippen molar-refractivity contribution in [1.82, 2.24) is 10.2 Å². The van der Waals surface area contributed by atoms with Crippen molar-refractivity contribution in [2.24, 2.45) is 5.73 Å². The Morgan fingerprint density at radius 2 is 1.84 bits per heavy atom. The van der Waals surface area contributed by atoms with Crippen LogP contribution in [0.15, 0.2) is 23.6 Å². The van der Waals surface area contributed by atoms with Gasteiger partial charge in [0.05, 0.1) is 27.2 Å². The van der Waals surface area contributed by atoms with E-state index in [2.05, 4.69) is 16.3 Å². The number of allylic oxidation sites excluding steroid dienone is 1. The summed E-state index contributed by atoms with van der Waals surface area (Å²) in [6.45, 7) is 1.86. The Kier molecular flexibility index (Phi) is 4.15. The average molecular weight is 342 g/mol. The molecule has 0 saturated carbocycles. The lowest BCUT2D eigenvalue weighted by molar-refractivity contribution is 0.323. The van der Waals surface area contributed by atoms with Crippen LogP contribution in [0.1, 0.15) is 22.7 Å². The Labute approximate surface area is 144 Å². The number of nitrogens with zero attached hydrogens (tertiary/aromatic N) is 2. The molecule has 3 N–H and O–H groups in total. The minimum absolute atomic E-state index is 0.0280. The van der Waals surface area contributed by atoms with E-state index >= 15 is 0 Å². The van der Waals surface area contributed by atoms with E-state index in [1.165, 1.54) is 21.3 Å². The first-order chi connectivity index (χ1) is 12.0. The highest BCUT2D eigenvalue weighted by Crippen LogP contribution is 2.47. The number of rotatable bonds is 4. The lowest BCUT2D eigenvalue weighted by atomic mass is 9.84. The van der Waals surface area contributed by atoms with Crippen molar-refractivity contribution < 1.29 is 18.9 Å². The number of H-pyrrole nitrogens is 1. The highest BCUT2D eigenvalue weighted by molar-refractivity contribution is 5.61. The number of hydrogen-bond donors (Lipinski definition) is 2. The van der Waals surface area contributed by atoms with Gasteiger partial charge in [0.2, 0.25) is 17.5 Å². The van der Waals surface area contributed by atoms with Crippen LogP contribution < -0.4 is 24.7 Å². The van der Waals surface area contributed by atoms with Crippen LogP contribution in [0.5, 0.6) is 23.1 Å². The van der Waals surface area contributed by atoms with E-state index in [4.69, 9.17) is 24.7 Å². The van der Waals surface area contributed by atoms with E-state index in [1.807, 2.05) is 6.92 Å². The molecule has 0 bridgehead atoms. The summed E-state index contributed by atoms with van der Waals surface area (Å²) in [6.07, 6.45) is 0. The predicted octanol–water partition coefficient (Wildman–Crippen LogP) is 1.96. The molecule has 1 aliphatic rings. The van der Waals surface area contributed by atoms with Gasteiger partial charge in [0.25, 0.3) is 0 Å². The Morgan fingerprint density at radius 3 is 2.36 bits per heavy atom. The maximum absolute atomic E-state index is 9.62. The van der Waals surface area contributed by atoms with Crippen LogP contribution in [-0.4, -0.2) is 31.5 Å². The summed E-state index contributed by atoms with van der Waals surface area (Å²) in [5.41, 5.74) is 8.52. The summed E-state index contributed by atoms with van der Waals surface area (Å²) < 4.78 is 21.7. The van der Waals surface area contributed by atoms with Crippen molar-refractivity contribution in [3.05, 3.63) is 40.4 Å². The molecule has 0 amide bonds. The number of nitrogens with one attached hydrogen (secondary N) is 1. The molecule has 130 valence electrons. The van der Waals surface area contributed by atoms with Crippen LogP contribution in [0.4, 0.5) is 0 Å². The van der Waals surface area contributed by atoms with E-state index in [1.54, 1.807) is 12.1 Å². The number of ether oxygens (including phenoxy) is 4. The molecule has 0 radical (unpaired) electrons. The molecule has 25 heavy (non-hydrogen) atoms. The van der Waals surface area contributed by atoms with Crippen LogP contribution in [0.25, 0.3) is 0 Å². The highest BCUT2D eigenvalue weighted by atomic mass is 16.5. The number of hydrogen-bond acceptors (Lipinski definition) is 7. The topological polar surface area (TPSA) is 115 Å². The second-order valence-electron chi connectivity index (χ2n) is 5.45. The molecular formula is C17H18N4O4. The van der Waals surface area contributed by atoms with Crippen molar-refractivity contribution >= 4 is 0 Å². The summed E-state index contributed by atoms with van der Waals surface area (Å²) in [6, 6.07) is 5.72. The fourth-order valence-electron chi connectivity index (χ4n) is 3.00. The highest BCUT2D eigenvalue weighted by Gasteiger charge is 2.35. The van der Waals surface area contributed by atoms with Crippen LogP contribution >= 0.6 is 0 Å². The third-order valence-corrected chi connectivity index (χ3v) is 4.15. The standard InChI is InChI=1S/C17H18N4O4/c1-8-13-14(10(7-18)16(19)25-17(13)21-20-8)9-5-11(22-2)15(24-4)12(6-9)23-3/h5-6,14H,19H2,1-4H3,(H,20,21)/t14-/m0/s1. The number of methoxy groups -OCH3 is 3. The number of benzene rings is 1. The van der Waals surface area contributed by atoms with E-state index in [-0.39, 0.29) is 5.88 Å². The minimum Gasteiger partial charge on any atom is -0.493 e. The third kappa shape index (κ3) is 2.50. The molecule has 2 aromatic rings. The van der Waals surface area contributed by atoms with Gasteiger partial charge in [-0.3, -0.25) is 5.10 Å². The first kappa shape index (κ1) is 16.5. The van der Waals surface area contributed by atoms with Crippen molar-refractivity contribution in [2.75, 3.05) is 21.3 Å². The van der Waals surface area contributed by atoms with Crippen LogP contribution in [0.2, 0.25) is 0 Å². The molecule has 1 aromatic carbocycles. The molecule has 8 heteroatoms. The van der Waals surface area contributed by atoms with E-state index in [0.717, 1.165) is 16.8 Å². The number of nitriles is 1. The molecule has 1 atom stereocenters. The van der Waals surface area contributed by atoms with Gasteiger partial charge in [0.1, 0.15) is 11.6 Å². The molecule has 0 aliphatic carbocycles. The Bertz CT molecular complexity index is 870. The normalized spacial score (nSPS) is 15.9. The number of fused-ring (bicyclic) bond motifs is 1. The molecule has 0 unspecified atom stereocenters. The van der Waals surface area contributed by atoms with Crippen molar-refractivity contribution in [3.63, 3.8) is 0 Å².